The van der Waals surface area contributed by atoms with Gasteiger partial charge in [0.15, 0.2) is 0 Å². The van der Waals surface area contributed by atoms with Gasteiger partial charge in [-0.05, 0) is 36.3 Å². The number of benzene rings is 2. The van der Waals surface area contributed by atoms with Crippen molar-refractivity contribution in [3.8, 4) is 5.75 Å². The molecule has 5 nitrogen and oxygen atoms in total. The zero-order chi connectivity index (χ0) is 18.4. The first-order chi connectivity index (χ1) is 12.7. The molecule has 0 bridgehead atoms. The Labute approximate surface area is 153 Å². The second kappa shape index (κ2) is 8.34. The van der Waals surface area contributed by atoms with Gasteiger partial charge in [-0.1, -0.05) is 30.3 Å². The average Bonchev–Trinajstić information content (AvgIpc) is 3.11. The van der Waals surface area contributed by atoms with E-state index in [1.807, 2.05) is 48.5 Å². The van der Waals surface area contributed by atoms with E-state index in [0.717, 1.165) is 35.5 Å². The minimum absolute atomic E-state index is 0.158. The van der Waals surface area contributed by atoms with Crippen LogP contribution in [0.5, 0.6) is 5.75 Å². The molecule has 0 spiro atoms. The second-order valence-corrected chi connectivity index (χ2v) is 6.11. The fourth-order valence-electron chi connectivity index (χ4n) is 2.97. The predicted molar refractivity (Wildman–Crippen MR) is 102 cm³/mol. The summed E-state index contributed by atoms with van der Waals surface area (Å²) in [6.45, 7) is 1.17. The molecular weight excluding hydrogens is 328 g/mol. The fourth-order valence-corrected chi connectivity index (χ4v) is 2.97. The van der Waals surface area contributed by atoms with Crippen molar-refractivity contribution >= 4 is 23.6 Å². The normalized spacial score (nSPS) is 14.0. The number of carbonyl (C=O) groups is 2. The summed E-state index contributed by atoms with van der Waals surface area (Å²) in [5, 5.41) is 2.87. The average molecular weight is 350 g/mol. The Kier molecular flexibility index (Phi) is 5.69. The topological polar surface area (TPSA) is 58.6 Å². The predicted octanol–water partition coefficient (Wildman–Crippen LogP) is 3.15. The van der Waals surface area contributed by atoms with Crippen molar-refractivity contribution in [1.82, 2.24) is 5.32 Å². The minimum atomic E-state index is -0.182. The lowest BCUT2D eigenvalue weighted by atomic mass is 10.1. The van der Waals surface area contributed by atoms with Gasteiger partial charge in [0.05, 0.1) is 7.11 Å². The molecule has 1 saturated heterocycles. The van der Waals surface area contributed by atoms with E-state index in [1.54, 1.807) is 18.1 Å². The number of methoxy groups -OCH3 is 1. The smallest absolute Gasteiger partial charge is 0.244 e. The van der Waals surface area contributed by atoms with Crippen LogP contribution in [0.25, 0.3) is 6.08 Å². The maximum Gasteiger partial charge on any atom is 0.244 e. The summed E-state index contributed by atoms with van der Waals surface area (Å²) in [5.41, 5.74) is 2.70. The SMILES string of the molecule is COc1ccccc1/C=C/C(=O)NCc1cccc(N2CCCC2=O)c1. The number of amides is 2. The highest BCUT2D eigenvalue weighted by Crippen LogP contribution is 2.22. The van der Waals surface area contributed by atoms with Crippen LogP contribution in [0.1, 0.15) is 24.0 Å². The van der Waals surface area contributed by atoms with Crippen molar-refractivity contribution in [3.63, 3.8) is 0 Å². The molecule has 0 aliphatic carbocycles. The maximum atomic E-state index is 12.1. The van der Waals surface area contributed by atoms with Crippen LogP contribution >= 0.6 is 0 Å². The molecule has 1 fully saturated rings. The first kappa shape index (κ1) is 17.7. The molecule has 5 heteroatoms. The van der Waals surface area contributed by atoms with Crippen LogP contribution < -0.4 is 15.0 Å². The number of rotatable bonds is 6. The lowest BCUT2D eigenvalue weighted by Gasteiger charge is -2.16. The Morgan fingerprint density at radius 2 is 2.08 bits per heavy atom. The molecule has 2 amide bonds. The number of ether oxygens (including phenoxy) is 1. The van der Waals surface area contributed by atoms with Crippen molar-refractivity contribution < 1.29 is 14.3 Å². The first-order valence-electron chi connectivity index (χ1n) is 8.65. The quantitative estimate of drug-likeness (QED) is 0.814. The summed E-state index contributed by atoms with van der Waals surface area (Å²) in [5.74, 6) is 0.698. The first-order valence-corrected chi connectivity index (χ1v) is 8.65. The van der Waals surface area contributed by atoms with Crippen molar-refractivity contribution in [2.24, 2.45) is 0 Å². The van der Waals surface area contributed by atoms with E-state index in [9.17, 15) is 9.59 Å². The molecule has 1 N–H and O–H groups in total. The van der Waals surface area contributed by atoms with Gasteiger partial charge >= 0.3 is 0 Å². The molecule has 0 atom stereocenters. The van der Waals surface area contributed by atoms with Gasteiger partial charge in [0.25, 0.3) is 0 Å². The highest BCUT2D eigenvalue weighted by atomic mass is 16.5. The Hall–Kier alpha value is -3.08. The third-order valence-corrected chi connectivity index (χ3v) is 4.32. The highest BCUT2D eigenvalue weighted by molar-refractivity contribution is 5.95. The van der Waals surface area contributed by atoms with Gasteiger partial charge in [-0.15, -0.1) is 0 Å². The van der Waals surface area contributed by atoms with Crippen LogP contribution in [0.2, 0.25) is 0 Å². The van der Waals surface area contributed by atoms with E-state index in [4.69, 9.17) is 4.74 Å². The van der Waals surface area contributed by atoms with Crippen LogP contribution in [0.15, 0.2) is 54.6 Å². The number of para-hydroxylation sites is 1. The van der Waals surface area contributed by atoms with Crippen molar-refractivity contribution in [3.05, 3.63) is 65.7 Å². The van der Waals surface area contributed by atoms with Crippen molar-refractivity contribution in [2.45, 2.75) is 19.4 Å². The molecular formula is C21H22N2O3. The molecule has 1 aliphatic heterocycles. The summed E-state index contributed by atoms with van der Waals surface area (Å²) in [4.78, 5) is 25.7. The van der Waals surface area contributed by atoms with E-state index < -0.39 is 0 Å². The Morgan fingerprint density at radius 3 is 2.85 bits per heavy atom. The van der Waals surface area contributed by atoms with Gasteiger partial charge in [0, 0.05) is 36.8 Å². The molecule has 2 aromatic carbocycles. The summed E-state index contributed by atoms with van der Waals surface area (Å²) in [7, 11) is 1.60. The summed E-state index contributed by atoms with van der Waals surface area (Å²) in [6.07, 6.45) is 4.72. The van der Waals surface area contributed by atoms with Crippen molar-refractivity contribution in [2.75, 3.05) is 18.6 Å². The van der Waals surface area contributed by atoms with E-state index in [0.29, 0.717) is 13.0 Å². The third kappa shape index (κ3) is 4.30. The summed E-state index contributed by atoms with van der Waals surface area (Å²) >= 11 is 0. The van der Waals surface area contributed by atoms with Gasteiger partial charge in [-0.25, -0.2) is 0 Å². The summed E-state index contributed by atoms with van der Waals surface area (Å²) < 4.78 is 5.26. The lowest BCUT2D eigenvalue weighted by Crippen LogP contribution is -2.24. The number of anilines is 1. The zero-order valence-electron chi connectivity index (χ0n) is 14.8. The Morgan fingerprint density at radius 1 is 1.23 bits per heavy atom. The van der Waals surface area contributed by atoms with E-state index >= 15 is 0 Å². The van der Waals surface area contributed by atoms with E-state index in [1.165, 1.54) is 6.08 Å². The Bertz CT molecular complexity index is 830. The molecule has 1 aliphatic rings. The van der Waals surface area contributed by atoms with Crippen molar-refractivity contribution in [1.29, 1.82) is 0 Å². The number of carbonyl (C=O) groups excluding carboxylic acids is 2. The van der Waals surface area contributed by atoms with Gasteiger partial charge < -0.3 is 15.0 Å². The molecule has 2 aromatic rings. The van der Waals surface area contributed by atoms with Gasteiger partial charge in [0.2, 0.25) is 11.8 Å². The monoisotopic (exact) mass is 350 g/mol. The van der Waals surface area contributed by atoms with Gasteiger partial charge in [0.1, 0.15) is 5.75 Å². The molecule has 134 valence electrons. The number of nitrogens with zero attached hydrogens (tertiary/aromatic N) is 1. The number of nitrogens with one attached hydrogen (secondary N) is 1. The Balaban J connectivity index is 1.59. The zero-order valence-corrected chi connectivity index (χ0v) is 14.8. The molecule has 0 radical (unpaired) electrons. The molecule has 3 rings (SSSR count). The molecule has 26 heavy (non-hydrogen) atoms. The van der Waals surface area contributed by atoms with Crippen LogP contribution in [0, 0.1) is 0 Å². The van der Waals surface area contributed by atoms with Gasteiger partial charge in [-0.3, -0.25) is 9.59 Å². The minimum Gasteiger partial charge on any atom is -0.496 e. The van der Waals surface area contributed by atoms with Crippen LogP contribution in [-0.4, -0.2) is 25.5 Å². The summed E-state index contributed by atoms with van der Waals surface area (Å²) in [6, 6.07) is 15.2. The number of hydrogen-bond donors (Lipinski definition) is 1. The van der Waals surface area contributed by atoms with Gasteiger partial charge in [-0.2, -0.15) is 0 Å². The van der Waals surface area contributed by atoms with Crippen LogP contribution in [0.4, 0.5) is 5.69 Å². The van der Waals surface area contributed by atoms with E-state index in [-0.39, 0.29) is 11.8 Å². The second-order valence-electron chi connectivity index (χ2n) is 6.11. The largest absolute Gasteiger partial charge is 0.496 e. The molecule has 0 aromatic heterocycles. The maximum absolute atomic E-state index is 12.1. The lowest BCUT2D eigenvalue weighted by molar-refractivity contribution is -0.117. The fraction of sp³-hybridized carbons (Fsp3) is 0.238. The number of hydrogen-bond acceptors (Lipinski definition) is 3. The third-order valence-electron chi connectivity index (χ3n) is 4.32. The van der Waals surface area contributed by atoms with Crippen LogP contribution in [-0.2, 0) is 16.1 Å². The van der Waals surface area contributed by atoms with E-state index in [2.05, 4.69) is 5.32 Å². The highest BCUT2D eigenvalue weighted by Gasteiger charge is 2.21. The standard InChI is InChI=1S/C21H22N2O3/c1-26-19-9-3-2-7-17(19)11-12-20(24)22-15-16-6-4-8-18(14-16)23-13-5-10-21(23)25/h2-4,6-9,11-12,14H,5,10,13,15H2,1H3,(H,22,24)/b12-11+. The molecule has 1 heterocycles. The van der Waals surface area contributed by atoms with Crippen LogP contribution in [0.3, 0.4) is 0 Å². The molecule has 0 saturated carbocycles. The molecule has 0 unspecified atom stereocenters.